The quantitative estimate of drug-likeness (QED) is 0.307. The molecule has 0 fully saturated rings. The number of para-hydroxylation sites is 1. The van der Waals surface area contributed by atoms with Crippen LogP contribution in [0.1, 0.15) is 22.5 Å². The number of hydrogen-bond acceptors (Lipinski definition) is 6. The Bertz CT molecular complexity index is 1310. The van der Waals surface area contributed by atoms with Gasteiger partial charge in [-0.2, -0.15) is 10.2 Å². The van der Waals surface area contributed by atoms with Gasteiger partial charge in [0.2, 0.25) is 0 Å². The van der Waals surface area contributed by atoms with Crippen LogP contribution in [0.4, 0.5) is 23.2 Å². The fourth-order valence-electron chi connectivity index (χ4n) is 3.71. The number of rotatable bonds is 7. The number of amides is 1. The highest BCUT2D eigenvalue weighted by Gasteiger charge is 2.36. The molecule has 0 saturated heterocycles. The molecule has 1 aromatic heterocycles. The molecule has 3 aromatic rings. The number of thioether (sulfide) groups is 1. The van der Waals surface area contributed by atoms with Crippen molar-refractivity contribution in [1.82, 2.24) is 14.8 Å². The summed E-state index contributed by atoms with van der Waals surface area (Å²) in [5.74, 6) is -3.02. The van der Waals surface area contributed by atoms with Crippen LogP contribution in [-0.2, 0) is 11.8 Å². The van der Waals surface area contributed by atoms with Crippen LogP contribution in [0.5, 0.6) is 0 Å². The van der Waals surface area contributed by atoms with Crippen LogP contribution in [0.25, 0.3) is 11.1 Å². The van der Waals surface area contributed by atoms with Gasteiger partial charge in [-0.15, -0.1) is 11.8 Å². The fraction of sp³-hybridized carbons (Fsp3) is 0.280. The van der Waals surface area contributed by atoms with Gasteiger partial charge in [0, 0.05) is 36.4 Å². The molecule has 0 bridgehead atoms. The molecule has 2 N–H and O–H groups in total. The SMILES string of the molecule is CN1CC(C(=O)O)C(C(F)F)=N1.CSc1ccc(-c2ccccc2NC(=O)c2cn(C)nc2C(F)F)cc1. The molecule has 0 aliphatic carbocycles. The number of carboxylic acids is 1. The number of hydrazone groups is 1. The van der Waals surface area contributed by atoms with Crippen LogP contribution in [0.2, 0.25) is 0 Å². The molecule has 1 aliphatic rings. The summed E-state index contributed by atoms with van der Waals surface area (Å²) in [7, 11) is 2.97. The van der Waals surface area contributed by atoms with E-state index in [1.165, 1.54) is 30.0 Å². The minimum absolute atomic E-state index is 0.0228. The van der Waals surface area contributed by atoms with Crippen molar-refractivity contribution in [3.8, 4) is 11.1 Å². The Hall–Kier alpha value is -3.87. The van der Waals surface area contributed by atoms with E-state index < -0.39 is 42.1 Å². The lowest BCUT2D eigenvalue weighted by Gasteiger charge is -2.11. The molecule has 1 aliphatic heterocycles. The minimum Gasteiger partial charge on any atom is -0.481 e. The molecule has 0 radical (unpaired) electrons. The molecule has 1 atom stereocenters. The van der Waals surface area contributed by atoms with Gasteiger partial charge in [-0.1, -0.05) is 30.3 Å². The first-order valence-corrected chi connectivity index (χ1v) is 12.4. The van der Waals surface area contributed by atoms with Gasteiger partial charge >= 0.3 is 5.97 Å². The molecule has 1 unspecified atom stereocenters. The van der Waals surface area contributed by atoms with Crippen LogP contribution < -0.4 is 5.32 Å². The Morgan fingerprint density at radius 2 is 1.71 bits per heavy atom. The van der Waals surface area contributed by atoms with Gasteiger partial charge in [-0.05, 0) is 30.0 Å². The first-order valence-electron chi connectivity index (χ1n) is 11.2. The number of carbonyl (C=O) groups excluding carboxylic acids is 1. The average molecular weight is 552 g/mol. The largest absolute Gasteiger partial charge is 0.481 e. The van der Waals surface area contributed by atoms with E-state index in [0.29, 0.717) is 5.69 Å². The highest BCUT2D eigenvalue weighted by molar-refractivity contribution is 7.98. The minimum atomic E-state index is -2.81. The van der Waals surface area contributed by atoms with E-state index in [4.69, 9.17) is 5.11 Å². The topological polar surface area (TPSA) is 99.8 Å². The van der Waals surface area contributed by atoms with E-state index in [1.54, 1.807) is 23.9 Å². The van der Waals surface area contributed by atoms with Crippen LogP contribution in [-0.4, -0.2) is 63.8 Å². The summed E-state index contributed by atoms with van der Waals surface area (Å²) >= 11 is 1.64. The number of hydrogen-bond donors (Lipinski definition) is 2. The van der Waals surface area contributed by atoms with Crippen molar-refractivity contribution in [2.75, 3.05) is 25.2 Å². The van der Waals surface area contributed by atoms with E-state index >= 15 is 0 Å². The van der Waals surface area contributed by atoms with Crippen molar-refractivity contribution in [2.24, 2.45) is 18.1 Å². The van der Waals surface area contributed by atoms with Crippen molar-refractivity contribution in [2.45, 2.75) is 17.7 Å². The zero-order valence-corrected chi connectivity index (χ0v) is 21.4. The Kier molecular flexibility index (Phi) is 9.50. The van der Waals surface area contributed by atoms with E-state index in [9.17, 15) is 27.2 Å². The standard InChI is InChI=1S/C19H17F2N3OS.C6H8F2N2O2/c1-24-11-15(17(23-24)18(20)21)19(25)22-16-6-4-3-5-14(16)12-7-9-13(26-2)10-8-12;1-10-2-3(6(11)12)4(9-10)5(7)8/h3-11,18H,1-2H3,(H,22,25);3,5H,2H2,1H3,(H,11,12). The lowest BCUT2D eigenvalue weighted by atomic mass is 10.0. The van der Waals surface area contributed by atoms with Gasteiger partial charge < -0.3 is 10.4 Å². The third-order valence-corrected chi connectivity index (χ3v) is 6.24. The van der Waals surface area contributed by atoms with Gasteiger partial charge in [0.05, 0.1) is 12.1 Å². The van der Waals surface area contributed by atoms with Crippen molar-refractivity contribution >= 4 is 35.0 Å². The number of aromatic nitrogens is 2. The molecule has 1 amide bonds. The number of benzene rings is 2. The number of carboxylic acid groups (broad SMARTS) is 1. The normalized spacial score (nSPS) is 14.8. The monoisotopic (exact) mass is 551 g/mol. The summed E-state index contributed by atoms with van der Waals surface area (Å²) in [4.78, 5) is 24.1. The molecular weight excluding hydrogens is 526 g/mol. The first-order chi connectivity index (χ1) is 18.0. The number of carbonyl (C=O) groups is 2. The molecular formula is C25H25F4N5O3S. The second-order valence-electron chi connectivity index (χ2n) is 8.19. The smallest absolute Gasteiger partial charge is 0.314 e. The highest BCUT2D eigenvalue weighted by atomic mass is 32.2. The molecule has 2 heterocycles. The molecule has 4 rings (SSSR count). The molecule has 38 heavy (non-hydrogen) atoms. The Morgan fingerprint density at radius 1 is 1.05 bits per heavy atom. The summed E-state index contributed by atoms with van der Waals surface area (Å²) in [5, 5.41) is 19.5. The van der Waals surface area contributed by atoms with Crippen LogP contribution in [0.3, 0.4) is 0 Å². The van der Waals surface area contributed by atoms with Crippen LogP contribution in [0, 0.1) is 5.92 Å². The molecule has 2 aromatic carbocycles. The number of nitrogens with one attached hydrogen (secondary N) is 1. The average Bonchev–Trinajstić information content (AvgIpc) is 3.48. The van der Waals surface area contributed by atoms with Crippen molar-refractivity contribution < 1.29 is 32.3 Å². The summed E-state index contributed by atoms with van der Waals surface area (Å²) in [6.07, 6.45) is -2.30. The summed E-state index contributed by atoms with van der Waals surface area (Å²) in [5.41, 5.74) is 1.10. The van der Waals surface area contributed by atoms with Crippen molar-refractivity contribution in [1.29, 1.82) is 0 Å². The highest BCUT2D eigenvalue weighted by Crippen LogP contribution is 2.30. The maximum Gasteiger partial charge on any atom is 0.314 e. The number of alkyl halides is 4. The summed E-state index contributed by atoms with van der Waals surface area (Å²) < 4.78 is 51.6. The number of anilines is 1. The predicted molar refractivity (Wildman–Crippen MR) is 137 cm³/mol. The lowest BCUT2D eigenvalue weighted by molar-refractivity contribution is -0.139. The first kappa shape index (κ1) is 28.7. The van der Waals surface area contributed by atoms with Gasteiger partial charge in [-0.3, -0.25) is 19.3 Å². The molecule has 202 valence electrons. The maximum absolute atomic E-state index is 13.1. The third kappa shape index (κ3) is 6.91. The molecule has 0 saturated carbocycles. The Labute approximate surface area is 220 Å². The van der Waals surface area contributed by atoms with Gasteiger partial charge in [-0.25, -0.2) is 17.6 Å². The second kappa shape index (κ2) is 12.6. The molecule has 0 spiro atoms. The Balaban J connectivity index is 0.000000279. The number of halogens is 4. The number of aliphatic carboxylic acids is 1. The summed E-state index contributed by atoms with van der Waals surface area (Å²) in [6.45, 7) is 0.0228. The predicted octanol–water partition coefficient (Wildman–Crippen LogP) is 5.25. The van der Waals surface area contributed by atoms with E-state index in [2.05, 4.69) is 15.5 Å². The maximum atomic E-state index is 13.1. The Morgan fingerprint density at radius 3 is 2.26 bits per heavy atom. The number of aryl methyl sites for hydroxylation is 1. The number of nitrogens with zero attached hydrogens (tertiary/aromatic N) is 4. The summed E-state index contributed by atoms with van der Waals surface area (Å²) in [6, 6.07) is 15.2. The van der Waals surface area contributed by atoms with Crippen LogP contribution in [0.15, 0.2) is 64.7 Å². The third-order valence-electron chi connectivity index (χ3n) is 5.50. The molecule has 13 heteroatoms. The van der Waals surface area contributed by atoms with Crippen LogP contribution >= 0.6 is 11.8 Å². The zero-order valence-electron chi connectivity index (χ0n) is 20.6. The van der Waals surface area contributed by atoms with E-state index in [-0.39, 0.29) is 12.1 Å². The van der Waals surface area contributed by atoms with Gasteiger partial charge in [0.15, 0.2) is 0 Å². The van der Waals surface area contributed by atoms with Gasteiger partial charge in [0.25, 0.3) is 18.8 Å². The zero-order chi connectivity index (χ0) is 28.0. The lowest BCUT2D eigenvalue weighted by Crippen LogP contribution is -2.29. The van der Waals surface area contributed by atoms with E-state index in [0.717, 1.165) is 16.0 Å². The molecule has 8 nitrogen and oxygen atoms in total. The second-order valence-corrected chi connectivity index (χ2v) is 9.07. The van der Waals surface area contributed by atoms with Crippen molar-refractivity contribution in [3.63, 3.8) is 0 Å². The fourth-order valence-corrected chi connectivity index (χ4v) is 4.12. The van der Waals surface area contributed by atoms with Crippen molar-refractivity contribution in [3.05, 3.63) is 66.0 Å². The van der Waals surface area contributed by atoms with Gasteiger partial charge in [0.1, 0.15) is 17.3 Å². The van der Waals surface area contributed by atoms with E-state index in [1.807, 2.05) is 42.7 Å².